The average molecular weight is 261 g/mol. The Morgan fingerprint density at radius 3 is 2.95 bits per heavy atom. The van der Waals surface area contributed by atoms with Gasteiger partial charge in [-0.15, -0.1) is 0 Å². The first-order chi connectivity index (χ1) is 9.06. The van der Waals surface area contributed by atoms with E-state index in [-0.39, 0.29) is 12.6 Å². The van der Waals surface area contributed by atoms with E-state index < -0.39 is 17.3 Å². The van der Waals surface area contributed by atoms with Gasteiger partial charge >= 0.3 is 11.8 Å². The van der Waals surface area contributed by atoms with Crippen molar-refractivity contribution in [2.45, 2.75) is 19.0 Å². The summed E-state index contributed by atoms with van der Waals surface area (Å²) in [5.74, 6) is 0. The predicted octanol–water partition coefficient (Wildman–Crippen LogP) is -0.118. The fourth-order valence-electron chi connectivity index (χ4n) is 2.59. The predicted molar refractivity (Wildman–Crippen MR) is 67.5 cm³/mol. The van der Waals surface area contributed by atoms with Crippen LogP contribution in [0.2, 0.25) is 0 Å². The quantitative estimate of drug-likeness (QED) is 0.665. The summed E-state index contributed by atoms with van der Waals surface area (Å²) >= 11 is 0. The molecule has 1 aromatic carbocycles. The van der Waals surface area contributed by atoms with Crippen molar-refractivity contribution in [1.29, 1.82) is 0 Å². The number of aromatic nitrogens is 2. The zero-order valence-electron chi connectivity index (χ0n) is 9.84. The molecule has 3 N–H and O–H groups in total. The van der Waals surface area contributed by atoms with E-state index in [1.807, 2.05) is 0 Å². The van der Waals surface area contributed by atoms with E-state index in [1.54, 1.807) is 18.2 Å². The minimum Gasteiger partial charge on any atom is -0.465 e. The maximum Gasteiger partial charge on any atom is 0.404 e. The first-order valence-electron chi connectivity index (χ1n) is 5.80. The Balaban J connectivity index is 2.24. The number of carbonyl (C=O) groups is 1. The van der Waals surface area contributed by atoms with E-state index in [4.69, 9.17) is 5.11 Å². The molecular weight excluding hydrogens is 250 g/mol. The fourth-order valence-corrected chi connectivity index (χ4v) is 2.59. The van der Waals surface area contributed by atoms with Crippen LogP contribution in [-0.4, -0.2) is 26.8 Å². The summed E-state index contributed by atoms with van der Waals surface area (Å²) in [6.07, 6.45) is -0.662. The number of benzene rings is 1. The molecule has 98 valence electrons. The largest absolute Gasteiger partial charge is 0.465 e. The van der Waals surface area contributed by atoms with Gasteiger partial charge in [-0.3, -0.25) is 14.3 Å². The van der Waals surface area contributed by atoms with Crippen LogP contribution < -0.4 is 16.6 Å². The Hall–Kier alpha value is -2.57. The summed E-state index contributed by atoms with van der Waals surface area (Å²) in [7, 11) is 0. The summed E-state index contributed by atoms with van der Waals surface area (Å²) in [5.41, 5.74) is 0.468. The summed E-state index contributed by atoms with van der Waals surface area (Å²) < 4.78 is 1.41. The lowest BCUT2D eigenvalue weighted by Crippen LogP contribution is -2.45. The monoisotopic (exact) mass is 261 g/mol. The number of hydrogen-bond donors (Lipinski definition) is 3. The van der Waals surface area contributed by atoms with E-state index in [9.17, 15) is 14.4 Å². The second-order valence-corrected chi connectivity index (χ2v) is 4.53. The maximum atomic E-state index is 11.8. The number of amides is 1. The Morgan fingerprint density at radius 2 is 2.21 bits per heavy atom. The third-order valence-corrected chi connectivity index (χ3v) is 3.30. The van der Waals surface area contributed by atoms with Gasteiger partial charge in [0.1, 0.15) is 0 Å². The van der Waals surface area contributed by atoms with Crippen LogP contribution >= 0.6 is 0 Å². The van der Waals surface area contributed by atoms with Gasteiger partial charge in [-0.05, 0) is 18.1 Å². The summed E-state index contributed by atoms with van der Waals surface area (Å²) in [4.78, 5) is 36.5. The van der Waals surface area contributed by atoms with Crippen LogP contribution in [0.1, 0.15) is 5.56 Å². The van der Waals surface area contributed by atoms with Gasteiger partial charge in [-0.2, -0.15) is 0 Å². The summed E-state index contributed by atoms with van der Waals surface area (Å²) in [5, 5.41) is 11.6. The van der Waals surface area contributed by atoms with Crippen LogP contribution in [0, 0.1) is 0 Å². The number of H-pyrrole nitrogens is 1. The topological polar surface area (TPSA) is 104 Å². The molecule has 0 saturated carbocycles. The van der Waals surface area contributed by atoms with Crippen molar-refractivity contribution in [3.05, 3.63) is 44.6 Å². The molecule has 7 heteroatoms. The van der Waals surface area contributed by atoms with Gasteiger partial charge in [0.15, 0.2) is 0 Å². The molecule has 0 saturated heterocycles. The number of aromatic amines is 1. The van der Waals surface area contributed by atoms with Crippen LogP contribution in [0.15, 0.2) is 27.8 Å². The maximum absolute atomic E-state index is 11.8. The molecule has 1 aliphatic rings. The van der Waals surface area contributed by atoms with E-state index >= 15 is 0 Å². The Labute approximate surface area is 106 Å². The van der Waals surface area contributed by atoms with Crippen molar-refractivity contribution < 1.29 is 9.90 Å². The van der Waals surface area contributed by atoms with E-state index in [0.717, 1.165) is 5.56 Å². The molecule has 3 rings (SSSR count). The molecule has 1 aromatic heterocycles. The molecule has 0 aliphatic carbocycles. The highest BCUT2D eigenvalue weighted by Crippen LogP contribution is 2.21. The van der Waals surface area contributed by atoms with Gasteiger partial charge in [0.05, 0.1) is 16.9 Å². The van der Waals surface area contributed by atoms with Crippen molar-refractivity contribution >= 4 is 17.0 Å². The lowest BCUT2D eigenvalue weighted by atomic mass is 9.99. The van der Waals surface area contributed by atoms with Gasteiger partial charge < -0.3 is 10.4 Å². The number of rotatable bonds is 1. The van der Waals surface area contributed by atoms with Gasteiger partial charge in [0.2, 0.25) is 0 Å². The highest BCUT2D eigenvalue weighted by atomic mass is 16.4. The number of para-hydroxylation sites is 1. The molecule has 2 aromatic rings. The number of carboxylic acid groups (broad SMARTS) is 1. The molecule has 0 fully saturated rings. The van der Waals surface area contributed by atoms with Gasteiger partial charge in [0.25, 0.3) is 5.56 Å². The third-order valence-electron chi connectivity index (χ3n) is 3.30. The number of nitrogens with zero attached hydrogens (tertiary/aromatic N) is 1. The van der Waals surface area contributed by atoms with Crippen molar-refractivity contribution in [3.8, 4) is 0 Å². The second-order valence-electron chi connectivity index (χ2n) is 4.53. The Bertz CT molecular complexity index is 790. The van der Waals surface area contributed by atoms with Crippen LogP contribution in [0.3, 0.4) is 0 Å². The van der Waals surface area contributed by atoms with Crippen molar-refractivity contribution in [2.75, 3.05) is 0 Å². The smallest absolute Gasteiger partial charge is 0.404 e. The zero-order chi connectivity index (χ0) is 13.6. The average Bonchev–Trinajstić information content (AvgIpc) is 2.34. The molecule has 1 amide bonds. The van der Waals surface area contributed by atoms with Gasteiger partial charge in [-0.1, -0.05) is 12.1 Å². The van der Waals surface area contributed by atoms with Crippen molar-refractivity contribution in [1.82, 2.24) is 14.9 Å². The lowest BCUT2D eigenvalue weighted by Gasteiger charge is -2.25. The standard InChI is InChI=1S/C12H11N3O4/c16-10-8-3-1-2-6-4-7(13-12(18)19)5-15(9(6)8)11(17)14-10/h1-3,7,13H,4-5H2,(H,18,19)(H,14,16,17). The molecule has 1 atom stereocenters. The molecule has 0 bridgehead atoms. The molecule has 1 aliphatic heterocycles. The highest BCUT2D eigenvalue weighted by Gasteiger charge is 2.23. The zero-order valence-corrected chi connectivity index (χ0v) is 9.84. The minimum absolute atomic E-state index is 0.218. The normalized spacial score (nSPS) is 17.4. The minimum atomic E-state index is -1.13. The Morgan fingerprint density at radius 1 is 1.42 bits per heavy atom. The van der Waals surface area contributed by atoms with Crippen molar-refractivity contribution in [2.24, 2.45) is 0 Å². The third kappa shape index (κ3) is 1.79. The molecule has 0 spiro atoms. The second kappa shape index (κ2) is 3.98. The van der Waals surface area contributed by atoms with Crippen molar-refractivity contribution in [3.63, 3.8) is 0 Å². The molecule has 1 unspecified atom stereocenters. The molecule has 7 nitrogen and oxygen atoms in total. The Kier molecular flexibility index (Phi) is 2.41. The molecule has 0 radical (unpaired) electrons. The van der Waals surface area contributed by atoms with E-state index in [1.165, 1.54) is 4.57 Å². The van der Waals surface area contributed by atoms with E-state index in [0.29, 0.717) is 17.3 Å². The summed E-state index contributed by atoms with van der Waals surface area (Å²) in [6.45, 7) is 0.218. The molecule has 2 heterocycles. The summed E-state index contributed by atoms with van der Waals surface area (Å²) in [6, 6.07) is 4.80. The first-order valence-corrected chi connectivity index (χ1v) is 5.80. The first kappa shape index (κ1) is 11.5. The number of hydrogen-bond acceptors (Lipinski definition) is 3. The lowest BCUT2D eigenvalue weighted by molar-refractivity contribution is 0.188. The SMILES string of the molecule is O=C(O)NC1Cc2cccc3c(=O)[nH]c(=O)n(c23)C1. The van der Waals surface area contributed by atoms with Gasteiger partial charge in [0, 0.05) is 6.54 Å². The fraction of sp³-hybridized carbons (Fsp3) is 0.250. The molecular formula is C12H11N3O4. The number of nitrogens with one attached hydrogen (secondary N) is 2. The highest BCUT2D eigenvalue weighted by molar-refractivity contribution is 5.82. The van der Waals surface area contributed by atoms with Crippen LogP contribution in [0.25, 0.3) is 10.9 Å². The van der Waals surface area contributed by atoms with Gasteiger partial charge in [-0.25, -0.2) is 9.59 Å². The van der Waals surface area contributed by atoms with Crippen LogP contribution in [0.4, 0.5) is 4.79 Å². The molecule has 19 heavy (non-hydrogen) atoms. The van der Waals surface area contributed by atoms with Crippen LogP contribution in [0.5, 0.6) is 0 Å². The van der Waals surface area contributed by atoms with E-state index in [2.05, 4.69) is 10.3 Å². The van der Waals surface area contributed by atoms with Crippen LogP contribution in [-0.2, 0) is 13.0 Å².